The quantitative estimate of drug-likeness (QED) is 0.787. The molecular weight excluding hydrogens is 244 g/mol. The molecule has 1 aromatic rings. The lowest BCUT2D eigenvalue weighted by molar-refractivity contribution is 0.108. The summed E-state index contributed by atoms with van der Waals surface area (Å²) in [6, 6.07) is 0.594. The van der Waals surface area contributed by atoms with Crippen LogP contribution in [0.5, 0.6) is 0 Å². The van der Waals surface area contributed by atoms with Crippen molar-refractivity contribution in [3.05, 3.63) is 5.89 Å². The maximum Gasteiger partial charge on any atom is 0.315 e. The zero-order valence-electron chi connectivity index (χ0n) is 12.0. The van der Waals surface area contributed by atoms with Crippen LogP contribution in [-0.4, -0.2) is 36.0 Å². The SMILES string of the molecule is CCCNC(C)c1nnc(NCC2CCOC2C)o1. The van der Waals surface area contributed by atoms with Crippen molar-refractivity contribution < 1.29 is 9.15 Å². The smallest absolute Gasteiger partial charge is 0.315 e. The summed E-state index contributed by atoms with van der Waals surface area (Å²) in [6.07, 6.45) is 2.48. The minimum absolute atomic E-state index is 0.0942. The largest absolute Gasteiger partial charge is 0.406 e. The Morgan fingerprint density at radius 3 is 2.95 bits per heavy atom. The molecule has 0 amide bonds. The van der Waals surface area contributed by atoms with E-state index >= 15 is 0 Å². The van der Waals surface area contributed by atoms with Gasteiger partial charge in [0.25, 0.3) is 0 Å². The molecule has 6 heteroatoms. The molecule has 19 heavy (non-hydrogen) atoms. The molecule has 0 aromatic carbocycles. The molecule has 1 aromatic heterocycles. The Labute approximate surface area is 114 Å². The highest BCUT2D eigenvalue weighted by atomic mass is 16.5. The molecule has 2 N–H and O–H groups in total. The van der Waals surface area contributed by atoms with E-state index < -0.39 is 0 Å². The molecule has 0 saturated carbocycles. The van der Waals surface area contributed by atoms with Gasteiger partial charge in [-0.2, -0.15) is 0 Å². The first kappa shape index (κ1) is 14.3. The highest BCUT2D eigenvalue weighted by Crippen LogP contribution is 2.21. The molecular formula is C13H24N4O2. The summed E-state index contributed by atoms with van der Waals surface area (Å²) in [5, 5.41) is 14.6. The normalized spacial score (nSPS) is 24.6. The topological polar surface area (TPSA) is 72.2 Å². The van der Waals surface area contributed by atoms with E-state index in [0.717, 1.165) is 32.5 Å². The average Bonchev–Trinajstić information content (AvgIpc) is 3.02. The van der Waals surface area contributed by atoms with Gasteiger partial charge < -0.3 is 19.8 Å². The molecule has 2 rings (SSSR count). The van der Waals surface area contributed by atoms with Crippen LogP contribution in [-0.2, 0) is 4.74 Å². The molecule has 0 bridgehead atoms. The number of hydrogen-bond donors (Lipinski definition) is 2. The van der Waals surface area contributed by atoms with Gasteiger partial charge in [-0.25, -0.2) is 0 Å². The van der Waals surface area contributed by atoms with Crippen molar-refractivity contribution in [1.82, 2.24) is 15.5 Å². The van der Waals surface area contributed by atoms with Gasteiger partial charge in [0.2, 0.25) is 5.89 Å². The molecule has 3 unspecified atom stereocenters. The van der Waals surface area contributed by atoms with E-state index in [1.165, 1.54) is 0 Å². The summed E-state index contributed by atoms with van der Waals surface area (Å²) in [4.78, 5) is 0. The summed E-state index contributed by atoms with van der Waals surface area (Å²) >= 11 is 0. The first-order valence-electron chi connectivity index (χ1n) is 7.13. The number of ether oxygens (including phenoxy) is 1. The van der Waals surface area contributed by atoms with Crippen molar-refractivity contribution in [3.8, 4) is 0 Å². The Morgan fingerprint density at radius 2 is 2.26 bits per heavy atom. The summed E-state index contributed by atoms with van der Waals surface area (Å²) in [6.45, 7) is 8.88. The van der Waals surface area contributed by atoms with Crippen molar-refractivity contribution in [3.63, 3.8) is 0 Å². The number of anilines is 1. The first-order valence-corrected chi connectivity index (χ1v) is 7.13. The molecule has 0 radical (unpaired) electrons. The lowest BCUT2D eigenvalue weighted by atomic mass is 10.0. The summed E-state index contributed by atoms with van der Waals surface area (Å²) in [5.41, 5.74) is 0. The van der Waals surface area contributed by atoms with Crippen LogP contribution in [0.15, 0.2) is 4.42 Å². The lowest BCUT2D eigenvalue weighted by Crippen LogP contribution is -2.20. The van der Waals surface area contributed by atoms with Crippen LogP contribution in [0.4, 0.5) is 6.01 Å². The van der Waals surface area contributed by atoms with Crippen LogP contribution in [0.1, 0.15) is 45.5 Å². The number of hydrogen-bond acceptors (Lipinski definition) is 6. The molecule has 3 atom stereocenters. The van der Waals surface area contributed by atoms with Crippen LogP contribution in [0.2, 0.25) is 0 Å². The van der Waals surface area contributed by atoms with Crippen molar-refractivity contribution in [2.45, 2.75) is 45.8 Å². The van der Waals surface area contributed by atoms with Gasteiger partial charge in [0, 0.05) is 19.1 Å². The molecule has 1 saturated heterocycles. The Balaban J connectivity index is 1.80. The third-order valence-corrected chi connectivity index (χ3v) is 3.56. The summed E-state index contributed by atoms with van der Waals surface area (Å²) < 4.78 is 11.1. The Hall–Kier alpha value is -1.14. The van der Waals surface area contributed by atoms with Crippen molar-refractivity contribution in [1.29, 1.82) is 0 Å². The van der Waals surface area contributed by atoms with E-state index in [4.69, 9.17) is 9.15 Å². The Morgan fingerprint density at radius 1 is 1.42 bits per heavy atom. The second-order valence-corrected chi connectivity index (χ2v) is 5.13. The monoisotopic (exact) mass is 268 g/mol. The second-order valence-electron chi connectivity index (χ2n) is 5.13. The Bertz CT molecular complexity index is 382. The molecule has 1 fully saturated rings. The molecule has 0 aliphatic carbocycles. The molecule has 108 valence electrons. The fourth-order valence-corrected chi connectivity index (χ4v) is 2.19. The van der Waals surface area contributed by atoms with Crippen LogP contribution >= 0.6 is 0 Å². The van der Waals surface area contributed by atoms with E-state index in [9.17, 15) is 0 Å². The van der Waals surface area contributed by atoms with Gasteiger partial charge in [-0.3, -0.25) is 0 Å². The fraction of sp³-hybridized carbons (Fsp3) is 0.846. The summed E-state index contributed by atoms with van der Waals surface area (Å²) in [5.74, 6) is 1.15. The zero-order chi connectivity index (χ0) is 13.7. The lowest BCUT2D eigenvalue weighted by Gasteiger charge is -2.13. The molecule has 0 spiro atoms. The van der Waals surface area contributed by atoms with Crippen LogP contribution in [0.3, 0.4) is 0 Å². The zero-order valence-corrected chi connectivity index (χ0v) is 12.0. The third-order valence-electron chi connectivity index (χ3n) is 3.56. The van der Waals surface area contributed by atoms with E-state index in [-0.39, 0.29) is 6.04 Å². The first-order chi connectivity index (χ1) is 9.20. The fourth-order valence-electron chi connectivity index (χ4n) is 2.19. The molecule has 1 aliphatic rings. The van der Waals surface area contributed by atoms with E-state index in [2.05, 4.69) is 34.7 Å². The highest BCUT2D eigenvalue weighted by molar-refractivity contribution is 5.17. The van der Waals surface area contributed by atoms with Gasteiger partial charge >= 0.3 is 6.01 Å². The number of aromatic nitrogens is 2. The minimum atomic E-state index is 0.0942. The van der Waals surface area contributed by atoms with Gasteiger partial charge in [0.15, 0.2) is 0 Å². The van der Waals surface area contributed by atoms with Gasteiger partial charge in [0.05, 0.1) is 12.1 Å². The van der Waals surface area contributed by atoms with E-state index in [0.29, 0.717) is 23.9 Å². The molecule has 6 nitrogen and oxygen atoms in total. The predicted octanol–water partition coefficient (Wildman–Crippen LogP) is 1.97. The summed E-state index contributed by atoms with van der Waals surface area (Å²) in [7, 11) is 0. The number of nitrogens with one attached hydrogen (secondary N) is 2. The van der Waals surface area contributed by atoms with Gasteiger partial charge in [0.1, 0.15) is 0 Å². The second kappa shape index (κ2) is 6.86. The van der Waals surface area contributed by atoms with Gasteiger partial charge in [-0.15, -0.1) is 5.10 Å². The van der Waals surface area contributed by atoms with E-state index in [1.54, 1.807) is 0 Å². The maximum atomic E-state index is 5.60. The standard InChI is InChI=1S/C13H24N4O2/c1-4-6-14-9(2)12-16-17-13(19-12)15-8-11-5-7-18-10(11)3/h9-11,14H,4-8H2,1-3H3,(H,15,17). The minimum Gasteiger partial charge on any atom is -0.406 e. The highest BCUT2D eigenvalue weighted by Gasteiger charge is 2.24. The molecule has 2 heterocycles. The van der Waals surface area contributed by atoms with Crippen molar-refractivity contribution in [2.24, 2.45) is 5.92 Å². The van der Waals surface area contributed by atoms with Crippen LogP contribution in [0, 0.1) is 5.92 Å². The van der Waals surface area contributed by atoms with Gasteiger partial charge in [-0.05, 0) is 33.2 Å². The van der Waals surface area contributed by atoms with Crippen molar-refractivity contribution in [2.75, 3.05) is 25.0 Å². The Kier molecular flexibility index (Phi) is 5.15. The average molecular weight is 268 g/mol. The number of rotatable bonds is 7. The maximum absolute atomic E-state index is 5.60. The van der Waals surface area contributed by atoms with Crippen molar-refractivity contribution >= 4 is 6.01 Å². The van der Waals surface area contributed by atoms with Crippen LogP contribution in [0.25, 0.3) is 0 Å². The third kappa shape index (κ3) is 3.91. The molecule has 1 aliphatic heterocycles. The van der Waals surface area contributed by atoms with E-state index in [1.807, 2.05) is 6.92 Å². The van der Waals surface area contributed by atoms with Gasteiger partial charge in [-0.1, -0.05) is 12.0 Å². The van der Waals surface area contributed by atoms with Crippen LogP contribution < -0.4 is 10.6 Å². The number of nitrogens with zero attached hydrogens (tertiary/aromatic N) is 2. The predicted molar refractivity (Wildman–Crippen MR) is 73.0 cm³/mol.